The summed E-state index contributed by atoms with van der Waals surface area (Å²) in [7, 11) is 1.91. The molecule has 3 heterocycles. The number of nitrogens with zero attached hydrogens (tertiary/aromatic N) is 5. The summed E-state index contributed by atoms with van der Waals surface area (Å²) in [6.45, 7) is 10.7. The topological polar surface area (TPSA) is 40.6 Å². The first kappa shape index (κ1) is 35.3. The van der Waals surface area contributed by atoms with Crippen LogP contribution in [0.5, 0.6) is 0 Å². The van der Waals surface area contributed by atoms with Gasteiger partial charge in [0.15, 0.2) is 23.3 Å². The molecule has 0 radical (unpaired) electrons. The Morgan fingerprint density at radius 2 is 1.32 bits per heavy atom. The maximum Gasteiger partial charge on any atom is 2.00 e. The molecule has 0 atom stereocenters. The molecule has 7 aromatic rings. The van der Waals surface area contributed by atoms with Crippen molar-refractivity contribution in [3.8, 4) is 33.9 Å². The van der Waals surface area contributed by atoms with Crippen LogP contribution in [0, 0.1) is 41.2 Å². The molecule has 0 aliphatic carbocycles. The van der Waals surface area contributed by atoms with Crippen molar-refractivity contribution in [2.45, 2.75) is 52.4 Å². The van der Waals surface area contributed by atoms with E-state index in [1.807, 2.05) is 70.9 Å². The summed E-state index contributed by atoms with van der Waals surface area (Å²) in [5, 5.41) is 6.71. The average Bonchev–Trinajstić information content (AvgIpc) is 3.76. The number of imidazole rings is 1. The molecule has 11 heteroatoms. The van der Waals surface area contributed by atoms with Gasteiger partial charge in [-0.1, -0.05) is 65.3 Å². The third kappa shape index (κ3) is 5.48. The third-order valence-electron chi connectivity index (χ3n) is 8.65. The molecule has 0 saturated heterocycles. The summed E-state index contributed by atoms with van der Waals surface area (Å²) in [6, 6.07) is 24.4. The van der Waals surface area contributed by atoms with Gasteiger partial charge in [-0.2, -0.15) is 11.2 Å². The Morgan fingerprint density at radius 3 is 1.94 bits per heavy atom. The van der Waals surface area contributed by atoms with E-state index in [9.17, 15) is 13.2 Å². The Kier molecular flexibility index (Phi) is 8.70. The summed E-state index contributed by atoms with van der Waals surface area (Å²) in [5.74, 6) is -9.31. The van der Waals surface area contributed by atoms with Crippen LogP contribution in [-0.4, -0.2) is 23.9 Å². The fourth-order valence-corrected chi connectivity index (χ4v) is 6.47. The summed E-state index contributed by atoms with van der Waals surface area (Å²) >= 11 is 0. The number of hydrogen-bond donors (Lipinski definition) is 0. The molecule has 0 aliphatic rings. The SMILES string of the molecule is Cn1ccnc1-c1[c-]c(-n2c3[c-]c(-n4nc(C(C)(C)C)c(-c5c(F)c(F)c(F)c(F)c5F)c4C(C)(C)C)ccc3c3ccccc32)ccc1.[Pt+2]. The molecule has 0 N–H and O–H groups in total. The Balaban J connectivity index is 0.00000432. The van der Waals surface area contributed by atoms with Gasteiger partial charge < -0.3 is 9.13 Å². The quantitative estimate of drug-likeness (QED) is 0.0766. The normalized spacial score (nSPS) is 12.2. The van der Waals surface area contributed by atoms with E-state index in [1.54, 1.807) is 53.8 Å². The predicted molar refractivity (Wildman–Crippen MR) is 180 cm³/mol. The van der Waals surface area contributed by atoms with Crippen LogP contribution in [-0.2, 0) is 38.9 Å². The molecule has 0 aliphatic heterocycles. The molecular weight excluding hydrogens is 829 g/mol. The van der Waals surface area contributed by atoms with E-state index in [1.165, 1.54) is 4.68 Å². The van der Waals surface area contributed by atoms with Gasteiger partial charge >= 0.3 is 21.1 Å². The summed E-state index contributed by atoms with van der Waals surface area (Å²) < 4.78 is 80.2. The van der Waals surface area contributed by atoms with Crippen molar-refractivity contribution in [3.63, 3.8) is 0 Å². The smallest absolute Gasteiger partial charge is 0.373 e. The number of aromatic nitrogens is 5. The van der Waals surface area contributed by atoms with Crippen molar-refractivity contribution < 1.29 is 43.0 Å². The maximum atomic E-state index is 15.6. The Bertz CT molecular complexity index is 2410. The summed E-state index contributed by atoms with van der Waals surface area (Å²) in [6.07, 6.45) is 3.58. The van der Waals surface area contributed by atoms with Crippen molar-refractivity contribution in [3.05, 3.63) is 120 Å². The van der Waals surface area contributed by atoms with Crippen molar-refractivity contribution in [1.82, 2.24) is 23.9 Å². The van der Waals surface area contributed by atoms with E-state index in [2.05, 4.69) is 17.1 Å². The molecule has 0 saturated carbocycles. The van der Waals surface area contributed by atoms with Gasteiger partial charge in [-0.05, 0) is 22.8 Å². The number of benzene rings is 4. The van der Waals surface area contributed by atoms with Crippen molar-refractivity contribution in [1.29, 1.82) is 0 Å². The maximum absolute atomic E-state index is 15.6. The van der Waals surface area contributed by atoms with Gasteiger partial charge in [-0.15, -0.1) is 47.3 Å². The predicted octanol–water partition coefficient (Wildman–Crippen LogP) is 9.93. The largest absolute Gasteiger partial charge is 2.00 e. The molecule has 50 heavy (non-hydrogen) atoms. The van der Waals surface area contributed by atoms with Gasteiger partial charge in [0.1, 0.15) is 0 Å². The van der Waals surface area contributed by atoms with Crippen molar-refractivity contribution in [2.75, 3.05) is 0 Å². The van der Waals surface area contributed by atoms with Crippen LogP contribution in [0.15, 0.2) is 67.0 Å². The van der Waals surface area contributed by atoms with Crippen LogP contribution >= 0.6 is 0 Å². The van der Waals surface area contributed by atoms with Crippen LogP contribution in [0.2, 0.25) is 0 Å². The molecule has 0 unspecified atom stereocenters. The van der Waals surface area contributed by atoms with E-state index in [4.69, 9.17) is 5.10 Å². The molecule has 0 fully saturated rings. The fraction of sp³-hybridized carbons (Fsp3) is 0.231. The Morgan fingerprint density at radius 1 is 0.660 bits per heavy atom. The van der Waals surface area contributed by atoms with E-state index >= 15 is 8.78 Å². The van der Waals surface area contributed by atoms with Gasteiger partial charge in [-0.25, -0.2) is 22.0 Å². The second-order valence-electron chi connectivity index (χ2n) is 14.2. The van der Waals surface area contributed by atoms with Crippen LogP contribution in [0.4, 0.5) is 22.0 Å². The zero-order valence-corrected chi connectivity index (χ0v) is 30.6. The molecule has 0 amide bonds. The minimum absolute atomic E-state index is 0. The Hall–Kier alpha value is -4.56. The Labute approximate surface area is 300 Å². The number of hydrogen-bond acceptors (Lipinski definition) is 2. The fourth-order valence-electron chi connectivity index (χ4n) is 6.47. The summed E-state index contributed by atoms with van der Waals surface area (Å²) in [4.78, 5) is 4.48. The minimum Gasteiger partial charge on any atom is -0.373 e. The number of fused-ring (bicyclic) bond motifs is 3. The molecule has 4 aromatic carbocycles. The molecule has 0 bridgehead atoms. The van der Waals surface area contributed by atoms with Gasteiger partial charge in [0.2, 0.25) is 5.82 Å². The number of rotatable bonds is 4. The molecule has 258 valence electrons. The van der Waals surface area contributed by atoms with Gasteiger partial charge in [0, 0.05) is 41.4 Å². The minimum atomic E-state index is -2.21. The van der Waals surface area contributed by atoms with Crippen LogP contribution < -0.4 is 0 Å². The number of halogens is 5. The first-order valence-electron chi connectivity index (χ1n) is 15.7. The van der Waals surface area contributed by atoms with E-state index in [-0.39, 0.29) is 38.0 Å². The summed E-state index contributed by atoms with van der Waals surface area (Å²) in [5.41, 5.74) is 1.06. The number of aryl methyl sites for hydroxylation is 1. The van der Waals surface area contributed by atoms with Crippen LogP contribution in [0.25, 0.3) is 55.7 Å². The second-order valence-corrected chi connectivity index (χ2v) is 14.2. The molecule has 0 spiro atoms. The van der Waals surface area contributed by atoms with Gasteiger partial charge in [0.05, 0.1) is 22.8 Å². The first-order chi connectivity index (χ1) is 23.1. The van der Waals surface area contributed by atoms with E-state index < -0.39 is 45.5 Å². The van der Waals surface area contributed by atoms with Gasteiger partial charge in [-0.3, -0.25) is 9.67 Å². The first-order valence-corrected chi connectivity index (χ1v) is 15.7. The standard InChI is InChI=1S/C39H32F5N5.Pt/c1-38(2,3)35-29(28-30(40)32(42)34(44)33(43)31(28)41)36(39(4,5)6)49(46-35)23-15-16-25-24-13-8-9-14-26(24)48(27(25)20-23)22-12-10-11-21(19-22)37-45-17-18-47(37)7;/h8-18H,1-7H3;/q-2;+2. The second kappa shape index (κ2) is 12.3. The van der Waals surface area contributed by atoms with Crippen molar-refractivity contribution in [2.24, 2.45) is 7.05 Å². The monoisotopic (exact) mass is 860 g/mol. The molecule has 5 nitrogen and oxygen atoms in total. The van der Waals surface area contributed by atoms with E-state index in [0.29, 0.717) is 11.2 Å². The third-order valence-corrected chi connectivity index (χ3v) is 8.65. The van der Waals surface area contributed by atoms with Gasteiger partial charge in [0.25, 0.3) is 0 Å². The zero-order valence-electron chi connectivity index (χ0n) is 28.3. The molecule has 7 rings (SSSR count). The average molecular weight is 861 g/mol. The molecule has 3 aromatic heterocycles. The van der Waals surface area contributed by atoms with Crippen molar-refractivity contribution >= 4 is 21.8 Å². The zero-order chi connectivity index (χ0) is 35.2. The van der Waals surface area contributed by atoms with Crippen LogP contribution in [0.1, 0.15) is 52.9 Å². The molecular formula is C39H32F5N5Pt. The number of para-hydroxylation sites is 1. The van der Waals surface area contributed by atoms with Crippen LogP contribution in [0.3, 0.4) is 0 Å². The van der Waals surface area contributed by atoms with E-state index in [0.717, 1.165) is 33.4 Å².